The number of benzene rings is 1. The second-order valence-electron chi connectivity index (χ2n) is 5.52. The number of aromatic nitrogens is 2. The fraction of sp³-hybridized carbons (Fsp3) is 0.562. The quantitative estimate of drug-likeness (QED) is 0.876. The topological polar surface area (TPSA) is 43.8 Å². The molecule has 1 atom stereocenters. The Hall–Kier alpha value is -1.49. The summed E-state index contributed by atoms with van der Waals surface area (Å²) in [5.41, 5.74) is 7.18. The fourth-order valence-electron chi connectivity index (χ4n) is 2.66. The summed E-state index contributed by atoms with van der Waals surface area (Å²) in [5.74, 6) is -0.552. The molecule has 5 heteroatoms. The molecule has 0 aliphatic heterocycles. The minimum atomic E-state index is -0.858. The van der Waals surface area contributed by atoms with Crippen LogP contribution in [0.15, 0.2) is 12.1 Å². The molecule has 0 amide bonds. The maximum atomic E-state index is 13.6. The van der Waals surface area contributed by atoms with Crippen molar-refractivity contribution in [2.24, 2.45) is 5.73 Å². The van der Waals surface area contributed by atoms with E-state index in [1.165, 1.54) is 12.1 Å². The number of halogens is 2. The molecule has 1 aromatic carbocycles. The summed E-state index contributed by atoms with van der Waals surface area (Å²) in [6.45, 7) is 6.78. The smallest absolute Gasteiger partial charge is 0.161 e. The highest BCUT2D eigenvalue weighted by Gasteiger charge is 2.20. The number of nitrogens with two attached hydrogens (primary N) is 1. The minimum Gasteiger partial charge on any atom is -0.326 e. The zero-order chi connectivity index (χ0) is 15.6. The molecule has 21 heavy (non-hydrogen) atoms. The van der Waals surface area contributed by atoms with Crippen molar-refractivity contribution in [3.63, 3.8) is 0 Å². The molecule has 2 aromatic rings. The lowest BCUT2D eigenvalue weighted by molar-refractivity contribution is 0.495. The van der Waals surface area contributed by atoms with Crippen molar-refractivity contribution in [3.05, 3.63) is 29.6 Å². The van der Waals surface area contributed by atoms with E-state index < -0.39 is 11.6 Å². The first-order valence-corrected chi connectivity index (χ1v) is 7.62. The van der Waals surface area contributed by atoms with Gasteiger partial charge in [0.1, 0.15) is 5.82 Å². The second-order valence-corrected chi connectivity index (χ2v) is 5.52. The summed E-state index contributed by atoms with van der Waals surface area (Å²) in [6, 6.07) is 2.37. The minimum absolute atomic E-state index is 0.0244. The lowest BCUT2D eigenvalue weighted by Gasteiger charge is -2.18. The lowest BCUT2D eigenvalue weighted by Crippen LogP contribution is -2.26. The molecule has 3 nitrogen and oxygen atoms in total. The van der Waals surface area contributed by atoms with Crippen molar-refractivity contribution in [2.75, 3.05) is 0 Å². The van der Waals surface area contributed by atoms with E-state index >= 15 is 0 Å². The normalized spacial score (nSPS) is 13.3. The molecule has 0 saturated heterocycles. The summed E-state index contributed by atoms with van der Waals surface area (Å²) >= 11 is 0. The number of imidazole rings is 1. The molecular weight excluding hydrogens is 272 g/mol. The highest BCUT2D eigenvalue weighted by molar-refractivity contribution is 5.76. The van der Waals surface area contributed by atoms with Gasteiger partial charge in [0.05, 0.1) is 11.0 Å². The van der Waals surface area contributed by atoms with Crippen LogP contribution in [0.3, 0.4) is 0 Å². The van der Waals surface area contributed by atoms with Gasteiger partial charge in [0.25, 0.3) is 0 Å². The van der Waals surface area contributed by atoms with Gasteiger partial charge in [0, 0.05) is 30.6 Å². The van der Waals surface area contributed by atoms with Crippen molar-refractivity contribution in [3.8, 4) is 0 Å². The molecule has 1 unspecified atom stereocenters. The van der Waals surface area contributed by atoms with Crippen LogP contribution in [0.25, 0.3) is 11.0 Å². The van der Waals surface area contributed by atoms with Gasteiger partial charge in [-0.1, -0.05) is 20.8 Å². The van der Waals surface area contributed by atoms with Crippen LogP contribution in [-0.2, 0) is 6.54 Å². The number of hydrogen-bond acceptors (Lipinski definition) is 2. The Balaban J connectivity index is 2.62. The van der Waals surface area contributed by atoms with Crippen molar-refractivity contribution >= 4 is 11.0 Å². The first kappa shape index (κ1) is 15.9. The zero-order valence-corrected chi connectivity index (χ0v) is 12.9. The van der Waals surface area contributed by atoms with Gasteiger partial charge in [-0.2, -0.15) is 0 Å². The SMILES string of the molecule is CCC(N)Cn1c(C(CC)CC)nc2cc(F)c(F)cc21. The molecule has 0 radical (unpaired) electrons. The highest BCUT2D eigenvalue weighted by atomic mass is 19.2. The van der Waals surface area contributed by atoms with E-state index in [1.54, 1.807) is 0 Å². The standard InChI is InChI=1S/C16H23F2N3/c1-4-10(5-2)16-20-14-7-12(17)13(18)8-15(14)21(16)9-11(19)6-3/h7-8,10-11H,4-6,9,19H2,1-3H3. The summed E-state index contributed by atoms with van der Waals surface area (Å²) in [5, 5.41) is 0. The van der Waals surface area contributed by atoms with Crippen molar-refractivity contribution in [1.82, 2.24) is 9.55 Å². The number of nitrogens with zero attached hydrogens (tertiary/aromatic N) is 2. The van der Waals surface area contributed by atoms with E-state index in [9.17, 15) is 8.78 Å². The predicted molar refractivity (Wildman–Crippen MR) is 81.2 cm³/mol. The number of hydrogen-bond donors (Lipinski definition) is 1. The van der Waals surface area contributed by atoms with Crippen LogP contribution in [0.5, 0.6) is 0 Å². The molecule has 0 fully saturated rings. The molecule has 0 aliphatic rings. The molecule has 2 N–H and O–H groups in total. The Bertz CT molecular complexity index is 617. The van der Waals surface area contributed by atoms with Gasteiger partial charge in [-0.3, -0.25) is 0 Å². The zero-order valence-electron chi connectivity index (χ0n) is 12.9. The highest BCUT2D eigenvalue weighted by Crippen LogP contribution is 2.28. The average Bonchev–Trinajstić information content (AvgIpc) is 2.79. The number of rotatable bonds is 6. The van der Waals surface area contributed by atoms with Gasteiger partial charge in [-0.25, -0.2) is 13.8 Å². The fourth-order valence-corrected chi connectivity index (χ4v) is 2.66. The number of fused-ring (bicyclic) bond motifs is 1. The van der Waals surface area contributed by atoms with Crippen LogP contribution in [0.2, 0.25) is 0 Å². The molecule has 1 heterocycles. The summed E-state index contributed by atoms with van der Waals surface area (Å²) in [4.78, 5) is 4.54. The second kappa shape index (κ2) is 6.52. The average molecular weight is 295 g/mol. The molecule has 0 spiro atoms. The van der Waals surface area contributed by atoms with Gasteiger partial charge in [-0.15, -0.1) is 0 Å². The van der Waals surface area contributed by atoms with Crippen molar-refractivity contribution in [2.45, 2.75) is 58.5 Å². The maximum Gasteiger partial charge on any atom is 0.161 e. The molecular formula is C16H23F2N3. The van der Waals surface area contributed by atoms with Crippen LogP contribution in [0, 0.1) is 11.6 Å². The molecule has 116 valence electrons. The van der Waals surface area contributed by atoms with Crippen LogP contribution in [0.4, 0.5) is 8.78 Å². The largest absolute Gasteiger partial charge is 0.326 e. The molecule has 0 saturated carbocycles. The lowest BCUT2D eigenvalue weighted by atomic mass is 10.0. The van der Waals surface area contributed by atoms with Gasteiger partial charge in [0.15, 0.2) is 11.6 Å². The first-order valence-electron chi connectivity index (χ1n) is 7.62. The van der Waals surface area contributed by atoms with Gasteiger partial charge in [-0.05, 0) is 19.3 Å². The van der Waals surface area contributed by atoms with E-state index in [4.69, 9.17) is 5.73 Å². The third kappa shape index (κ3) is 3.07. The third-order valence-corrected chi connectivity index (χ3v) is 4.11. The molecule has 0 bridgehead atoms. The first-order chi connectivity index (χ1) is 10.0. The van der Waals surface area contributed by atoms with E-state index in [2.05, 4.69) is 18.8 Å². The van der Waals surface area contributed by atoms with E-state index in [0.717, 1.165) is 25.1 Å². The predicted octanol–water partition coefficient (Wildman–Crippen LogP) is 3.96. The van der Waals surface area contributed by atoms with E-state index in [0.29, 0.717) is 17.6 Å². The van der Waals surface area contributed by atoms with Crippen molar-refractivity contribution in [1.29, 1.82) is 0 Å². The Labute approximate surface area is 124 Å². The van der Waals surface area contributed by atoms with Crippen LogP contribution in [0.1, 0.15) is 51.8 Å². The maximum absolute atomic E-state index is 13.6. The monoisotopic (exact) mass is 295 g/mol. The third-order valence-electron chi connectivity index (χ3n) is 4.11. The Morgan fingerprint density at radius 1 is 1.10 bits per heavy atom. The summed E-state index contributed by atoms with van der Waals surface area (Å²) in [7, 11) is 0. The Morgan fingerprint density at radius 2 is 1.71 bits per heavy atom. The Morgan fingerprint density at radius 3 is 2.29 bits per heavy atom. The molecule has 2 rings (SSSR count). The van der Waals surface area contributed by atoms with Gasteiger partial charge in [0.2, 0.25) is 0 Å². The summed E-state index contributed by atoms with van der Waals surface area (Å²) < 4.78 is 29.0. The van der Waals surface area contributed by atoms with Crippen molar-refractivity contribution < 1.29 is 8.78 Å². The summed E-state index contributed by atoms with van der Waals surface area (Å²) in [6.07, 6.45) is 2.70. The van der Waals surface area contributed by atoms with E-state index in [1.807, 2.05) is 11.5 Å². The molecule has 0 aliphatic carbocycles. The molecule has 1 aromatic heterocycles. The Kier molecular flexibility index (Phi) is 4.93. The van der Waals surface area contributed by atoms with Crippen LogP contribution >= 0.6 is 0 Å². The van der Waals surface area contributed by atoms with Gasteiger partial charge < -0.3 is 10.3 Å². The van der Waals surface area contributed by atoms with Gasteiger partial charge >= 0.3 is 0 Å². The van der Waals surface area contributed by atoms with E-state index in [-0.39, 0.29) is 12.0 Å². The van der Waals surface area contributed by atoms with Crippen LogP contribution in [-0.4, -0.2) is 15.6 Å². The van der Waals surface area contributed by atoms with Crippen LogP contribution < -0.4 is 5.73 Å².